The summed E-state index contributed by atoms with van der Waals surface area (Å²) in [7, 11) is 0. The number of nitrogens with one attached hydrogen (secondary N) is 1. The van der Waals surface area contributed by atoms with E-state index >= 15 is 0 Å². The molecule has 2 aromatic carbocycles. The summed E-state index contributed by atoms with van der Waals surface area (Å²) in [5.74, 6) is -0.875. The Labute approximate surface area is 164 Å². The van der Waals surface area contributed by atoms with Crippen LogP contribution in [0.25, 0.3) is 11.5 Å². The van der Waals surface area contributed by atoms with Crippen molar-refractivity contribution in [3.8, 4) is 11.5 Å². The zero-order valence-corrected chi connectivity index (χ0v) is 15.5. The molecule has 0 aliphatic carbocycles. The third-order valence-corrected chi connectivity index (χ3v) is 4.22. The van der Waals surface area contributed by atoms with Crippen LogP contribution in [0.1, 0.15) is 17.3 Å². The molecule has 1 amide bonds. The third kappa shape index (κ3) is 4.45. The van der Waals surface area contributed by atoms with Gasteiger partial charge in [-0.3, -0.25) is 4.79 Å². The summed E-state index contributed by atoms with van der Waals surface area (Å²) >= 11 is 12.0. The number of hydrogen-bond donors (Lipinski definition) is 1. The lowest BCUT2D eigenvalue weighted by Crippen LogP contribution is -2.30. The Balaban J connectivity index is 1.64. The summed E-state index contributed by atoms with van der Waals surface area (Å²) in [4.78, 5) is 24.5. The minimum atomic E-state index is -1.06. The van der Waals surface area contributed by atoms with Gasteiger partial charge in [-0.25, -0.2) is 4.79 Å². The Hall–Kier alpha value is -2.90. The van der Waals surface area contributed by atoms with Crippen LogP contribution in [0.2, 0.25) is 10.0 Å². The molecule has 0 bridgehead atoms. The first-order valence-corrected chi connectivity index (χ1v) is 8.54. The van der Waals surface area contributed by atoms with Gasteiger partial charge >= 0.3 is 5.97 Å². The van der Waals surface area contributed by atoms with Crippen molar-refractivity contribution < 1.29 is 18.7 Å². The lowest BCUT2D eigenvalue weighted by Gasteiger charge is -2.15. The molecule has 1 aromatic heterocycles. The molecule has 0 radical (unpaired) electrons. The van der Waals surface area contributed by atoms with Gasteiger partial charge in [-0.1, -0.05) is 29.3 Å². The topological polar surface area (TPSA) is 94.3 Å². The average molecular weight is 406 g/mol. The van der Waals surface area contributed by atoms with E-state index in [2.05, 4.69) is 15.5 Å². The van der Waals surface area contributed by atoms with Gasteiger partial charge in [-0.2, -0.15) is 0 Å². The number of anilines is 1. The molecule has 7 nitrogen and oxygen atoms in total. The minimum Gasteiger partial charge on any atom is -0.449 e. The second-order valence-electron chi connectivity index (χ2n) is 5.45. The number of para-hydroxylation sites is 1. The first-order chi connectivity index (χ1) is 13.0. The quantitative estimate of drug-likeness (QED) is 0.638. The molecule has 0 saturated heterocycles. The van der Waals surface area contributed by atoms with Gasteiger partial charge in [0.2, 0.25) is 12.3 Å². The molecule has 138 valence electrons. The van der Waals surface area contributed by atoms with E-state index in [0.717, 1.165) is 0 Å². The van der Waals surface area contributed by atoms with E-state index in [1.165, 1.54) is 25.5 Å². The monoisotopic (exact) mass is 405 g/mol. The Morgan fingerprint density at radius 1 is 1.11 bits per heavy atom. The van der Waals surface area contributed by atoms with E-state index in [4.69, 9.17) is 32.4 Å². The van der Waals surface area contributed by atoms with E-state index < -0.39 is 18.0 Å². The fourth-order valence-electron chi connectivity index (χ4n) is 2.17. The summed E-state index contributed by atoms with van der Waals surface area (Å²) < 4.78 is 10.3. The van der Waals surface area contributed by atoms with Gasteiger partial charge < -0.3 is 14.5 Å². The first kappa shape index (κ1) is 18.9. The Morgan fingerprint density at radius 2 is 1.78 bits per heavy atom. The maximum atomic E-state index is 12.3. The highest BCUT2D eigenvalue weighted by molar-refractivity contribution is 6.39. The standard InChI is InChI=1S/C18H13Cl2N3O4/c1-10(16(24)22-15-13(19)3-2-4-14(15)20)27-18(25)12-7-5-11(6-8-12)17-23-21-9-26-17/h2-10H,1H3,(H,22,24)/t10-/m0/s1. The molecular weight excluding hydrogens is 393 g/mol. The molecule has 1 atom stereocenters. The van der Waals surface area contributed by atoms with Crippen LogP contribution in [0.5, 0.6) is 0 Å². The molecule has 3 rings (SSSR count). The normalized spacial score (nSPS) is 11.7. The number of ether oxygens (including phenoxy) is 1. The van der Waals surface area contributed by atoms with Crippen molar-refractivity contribution >= 4 is 40.8 Å². The minimum absolute atomic E-state index is 0.262. The second kappa shape index (κ2) is 8.20. The molecule has 9 heteroatoms. The first-order valence-electron chi connectivity index (χ1n) is 7.78. The number of aromatic nitrogens is 2. The van der Waals surface area contributed by atoms with Crippen molar-refractivity contribution in [3.63, 3.8) is 0 Å². The number of nitrogens with zero attached hydrogens (tertiary/aromatic N) is 2. The number of carbonyl (C=O) groups excluding carboxylic acids is 2. The van der Waals surface area contributed by atoms with Crippen molar-refractivity contribution in [3.05, 3.63) is 64.5 Å². The van der Waals surface area contributed by atoms with E-state index in [-0.39, 0.29) is 21.3 Å². The maximum absolute atomic E-state index is 12.3. The number of amides is 1. The number of esters is 1. The van der Waals surface area contributed by atoms with Crippen LogP contribution < -0.4 is 5.32 Å². The van der Waals surface area contributed by atoms with Crippen molar-refractivity contribution in [1.82, 2.24) is 10.2 Å². The van der Waals surface area contributed by atoms with E-state index in [1.54, 1.807) is 30.3 Å². The molecule has 1 N–H and O–H groups in total. The molecule has 0 saturated carbocycles. The SMILES string of the molecule is C[C@H](OC(=O)c1ccc(-c2nnco2)cc1)C(=O)Nc1c(Cl)cccc1Cl. The predicted octanol–water partition coefficient (Wildman–Crippen LogP) is 4.23. The Morgan fingerprint density at radius 3 is 2.37 bits per heavy atom. The van der Waals surface area contributed by atoms with Gasteiger partial charge in [0.05, 0.1) is 21.3 Å². The maximum Gasteiger partial charge on any atom is 0.338 e. The van der Waals surface area contributed by atoms with Crippen molar-refractivity contribution in [2.75, 3.05) is 5.32 Å². The zero-order chi connectivity index (χ0) is 19.4. The third-order valence-electron chi connectivity index (χ3n) is 3.59. The summed E-state index contributed by atoms with van der Waals surface area (Å²) in [6, 6.07) is 11.2. The number of benzene rings is 2. The van der Waals surface area contributed by atoms with Crippen LogP contribution in [0.4, 0.5) is 5.69 Å². The molecule has 0 aliphatic heterocycles. The van der Waals surface area contributed by atoms with Crippen LogP contribution in [0.15, 0.2) is 53.3 Å². The van der Waals surface area contributed by atoms with Crippen molar-refractivity contribution in [1.29, 1.82) is 0 Å². The number of rotatable bonds is 5. The molecule has 1 heterocycles. The number of carbonyl (C=O) groups is 2. The van der Waals surface area contributed by atoms with Gasteiger partial charge in [0.15, 0.2) is 6.10 Å². The van der Waals surface area contributed by atoms with E-state index in [0.29, 0.717) is 11.5 Å². The van der Waals surface area contributed by atoms with Crippen LogP contribution in [-0.4, -0.2) is 28.2 Å². The van der Waals surface area contributed by atoms with Gasteiger partial charge in [0.1, 0.15) is 0 Å². The van der Waals surface area contributed by atoms with Gasteiger partial charge in [-0.15, -0.1) is 10.2 Å². The summed E-state index contributed by atoms with van der Waals surface area (Å²) in [5, 5.41) is 10.5. The fraction of sp³-hybridized carbons (Fsp3) is 0.111. The van der Waals surface area contributed by atoms with E-state index in [1.807, 2.05) is 0 Å². The number of hydrogen-bond acceptors (Lipinski definition) is 6. The number of halogens is 2. The molecule has 0 fully saturated rings. The lowest BCUT2D eigenvalue weighted by atomic mass is 10.1. The summed E-state index contributed by atoms with van der Waals surface area (Å²) in [6.07, 6.45) is 0.156. The van der Waals surface area contributed by atoms with Gasteiger partial charge in [-0.05, 0) is 43.3 Å². The summed E-state index contributed by atoms with van der Waals surface area (Å²) in [5.41, 5.74) is 1.19. The second-order valence-corrected chi connectivity index (χ2v) is 6.27. The highest BCUT2D eigenvalue weighted by Gasteiger charge is 2.21. The molecule has 27 heavy (non-hydrogen) atoms. The molecule has 0 unspecified atom stereocenters. The average Bonchev–Trinajstić information content (AvgIpc) is 3.19. The van der Waals surface area contributed by atoms with Crippen LogP contribution in [0, 0.1) is 0 Å². The summed E-state index contributed by atoms with van der Waals surface area (Å²) in [6.45, 7) is 1.45. The highest BCUT2D eigenvalue weighted by atomic mass is 35.5. The lowest BCUT2D eigenvalue weighted by molar-refractivity contribution is -0.123. The molecule has 0 aliphatic rings. The van der Waals surface area contributed by atoms with Crippen molar-refractivity contribution in [2.45, 2.75) is 13.0 Å². The molecular formula is C18H13Cl2N3O4. The molecule has 0 spiro atoms. The smallest absolute Gasteiger partial charge is 0.338 e. The highest BCUT2D eigenvalue weighted by Crippen LogP contribution is 2.30. The van der Waals surface area contributed by atoms with Gasteiger partial charge in [0.25, 0.3) is 5.91 Å². The Kier molecular flexibility index (Phi) is 5.73. The van der Waals surface area contributed by atoms with Gasteiger partial charge in [0, 0.05) is 5.56 Å². The molecule has 3 aromatic rings. The van der Waals surface area contributed by atoms with Crippen LogP contribution in [-0.2, 0) is 9.53 Å². The Bertz CT molecular complexity index is 939. The van der Waals surface area contributed by atoms with Crippen molar-refractivity contribution in [2.24, 2.45) is 0 Å². The predicted molar refractivity (Wildman–Crippen MR) is 99.7 cm³/mol. The zero-order valence-electron chi connectivity index (χ0n) is 14.0. The van der Waals surface area contributed by atoms with Crippen LogP contribution >= 0.6 is 23.2 Å². The van der Waals surface area contributed by atoms with E-state index in [9.17, 15) is 9.59 Å². The van der Waals surface area contributed by atoms with Crippen LogP contribution in [0.3, 0.4) is 0 Å². The largest absolute Gasteiger partial charge is 0.449 e. The fourth-order valence-corrected chi connectivity index (χ4v) is 2.66.